The molecule has 0 bridgehead atoms. The molecule has 0 aliphatic carbocycles. The van der Waals surface area contributed by atoms with Gasteiger partial charge in [0.1, 0.15) is 5.75 Å². The first-order valence-corrected chi connectivity index (χ1v) is 7.37. The minimum absolute atomic E-state index is 0.0288. The molecule has 2 aromatic carbocycles. The number of carbonyl (C=O) groups is 1. The van der Waals surface area contributed by atoms with E-state index in [1.165, 1.54) is 0 Å². The van der Waals surface area contributed by atoms with E-state index < -0.39 is 0 Å². The molecule has 1 heterocycles. The molecule has 1 atom stereocenters. The van der Waals surface area contributed by atoms with Crippen molar-refractivity contribution in [2.75, 3.05) is 11.9 Å². The SMILES string of the molecule is CCOc1ccc(C[C@H]2C(=O)Nc3ccc(Cl)cc32)cc1. The molecule has 1 aliphatic rings. The number of halogens is 1. The van der Waals surface area contributed by atoms with E-state index in [9.17, 15) is 4.79 Å². The van der Waals surface area contributed by atoms with Gasteiger partial charge in [-0.15, -0.1) is 0 Å². The van der Waals surface area contributed by atoms with Gasteiger partial charge in [0.05, 0.1) is 12.5 Å². The average Bonchev–Trinajstić information content (AvgIpc) is 2.77. The lowest BCUT2D eigenvalue weighted by atomic mass is 9.93. The Bertz CT molecular complexity index is 667. The maximum Gasteiger partial charge on any atom is 0.232 e. The number of hydrogen-bond acceptors (Lipinski definition) is 2. The summed E-state index contributed by atoms with van der Waals surface area (Å²) in [5.74, 6) is 0.693. The molecule has 3 nitrogen and oxygen atoms in total. The molecular formula is C17H16ClNO2. The van der Waals surface area contributed by atoms with Crippen LogP contribution in [0.5, 0.6) is 5.75 Å². The van der Waals surface area contributed by atoms with Gasteiger partial charge in [0, 0.05) is 10.7 Å². The van der Waals surface area contributed by atoms with Crippen molar-refractivity contribution in [2.24, 2.45) is 0 Å². The third-order valence-corrected chi connectivity index (χ3v) is 3.87. The Morgan fingerprint density at radius 3 is 2.67 bits per heavy atom. The van der Waals surface area contributed by atoms with Gasteiger partial charge in [0.2, 0.25) is 5.91 Å². The second-order valence-corrected chi connectivity index (χ2v) is 5.49. The number of amides is 1. The number of nitrogens with one attached hydrogen (secondary N) is 1. The van der Waals surface area contributed by atoms with Gasteiger partial charge in [-0.3, -0.25) is 4.79 Å². The van der Waals surface area contributed by atoms with Crippen LogP contribution in [0.1, 0.15) is 24.0 Å². The van der Waals surface area contributed by atoms with Crippen LogP contribution in [0, 0.1) is 0 Å². The summed E-state index contributed by atoms with van der Waals surface area (Å²) in [6.07, 6.45) is 0.658. The number of fused-ring (bicyclic) bond motifs is 1. The zero-order chi connectivity index (χ0) is 14.8. The van der Waals surface area contributed by atoms with Crippen LogP contribution in [0.25, 0.3) is 0 Å². The van der Waals surface area contributed by atoms with Gasteiger partial charge < -0.3 is 10.1 Å². The Labute approximate surface area is 128 Å². The summed E-state index contributed by atoms with van der Waals surface area (Å²) >= 11 is 6.04. The van der Waals surface area contributed by atoms with Gasteiger partial charge in [-0.2, -0.15) is 0 Å². The smallest absolute Gasteiger partial charge is 0.232 e. The number of carbonyl (C=O) groups excluding carboxylic acids is 1. The van der Waals surface area contributed by atoms with Crippen molar-refractivity contribution in [3.63, 3.8) is 0 Å². The van der Waals surface area contributed by atoms with Crippen molar-refractivity contribution in [2.45, 2.75) is 19.3 Å². The highest BCUT2D eigenvalue weighted by atomic mass is 35.5. The molecule has 0 spiro atoms. The Hall–Kier alpha value is -2.00. The molecule has 1 aliphatic heterocycles. The fourth-order valence-corrected chi connectivity index (χ4v) is 2.80. The zero-order valence-electron chi connectivity index (χ0n) is 11.7. The summed E-state index contributed by atoms with van der Waals surface area (Å²) in [5, 5.41) is 3.56. The van der Waals surface area contributed by atoms with E-state index >= 15 is 0 Å². The Morgan fingerprint density at radius 1 is 1.19 bits per heavy atom. The molecule has 21 heavy (non-hydrogen) atoms. The van der Waals surface area contributed by atoms with E-state index in [1.807, 2.05) is 43.3 Å². The van der Waals surface area contributed by atoms with Crippen LogP contribution in [-0.4, -0.2) is 12.5 Å². The fourth-order valence-electron chi connectivity index (χ4n) is 2.62. The molecule has 108 valence electrons. The minimum atomic E-state index is -0.184. The maximum atomic E-state index is 12.1. The third kappa shape index (κ3) is 2.88. The van der Waals surface area contributed by atoms with Crippen LogP contribution in [0.3, 0.4) is 0 Å². The second-order valence-electron chi connectivity index (χ2n) is 5.05. The van der Waals surface area contributed by atoms with Gasteiger partial charge in [0.25, 0.3) is 0 Å². The lowest BCUT2D eigenvalue weighted by molar-refractivity contribution is -0.117. The topological polar surface area (TPSA) is 38.3 Å². The molecule has 0 unspecified atom stereocenters. The third-order valence-electron chi connectivity index (χ3n) is 3.64. The first kappa shape index (κ1) is 14.0. The Kier molecular flexibility index (Phi) is 3.84. The van der Waals surface area contributed by atoms with E-state index in [2.05, 4.69) is 5.32 Å². The summed E-state index contributed by atoms with van der Waals surface area (Å²) in [6.45, 7) is 2.60. The van der Waals surface area contributed by atoms with E-state index in [1.54, 1.807) is 6.07 Å². The summed E-state index contributed by atoms with van der Waals surface area (Å²) in [7, 11) is 0. The first-order chi connectivity index (χ1) is 10.2. The van der Waals surface area contributed by atoms with Gasteiger partial charge in [0.15, 0.2) is 0 Å². The highest BCUT2D eigenvalue weighted by molar-refractivity contribution is 6.31. The molecule has 0 fully saturated rings. The van der Waals surface area contributed by atoms with Gasteiger partial charge >= 0.3 is 0 Å². The average molecular weight is 302 g/mol. The molecule has 4 heteroatoms. The molecule has 0 aromatic heterocycles. The van der Waals surface area contributed by atoms with Gasteiger partial charge in [-0.1, -0.05) is 23.7 Å². The van der Waals surface area contributed by atoms with E-state index in [4.69, 9.17) is 16.3 Å². The normalized spacial score (nSPS) is 16.5. The molecule has 0 saturated carbocycles. The van der Waals surface area contributed by atoms with Crippen molar-refractivity contribution >= 4 is 23.2 Å². The van der Waals surface area contributed by atoms with Crippen molar-refractivity contribution in [3.8, 4) is 5.75 Å². The molecule has 1 N–H and O–H groups in total. The van der Waals surface area contributed by atoms with Crippen LogP contribution in [0.15, 0.2) is 42.5 Å². The van der Waals surface area contributed by atoms with Crippen molar-refractivity contribution in [1.29, 1.82) is 0 Å². The monoisotopic (exact) mass is 301 g/mol. The summed E-state index contributed by atoms with van der Waals surface area (Å²) in [5.41, 5.74) is 2.94. The van der Waals surface area contributed by atoms with E-state index in [0.717, 1.165) is 22.6 Å². The van der Waals surface area contributed by atoms with Crippen LogP contribution in [0.2, 0.25) is 5.02 Å². The fraction of sp³-hybridized carbons (Fsp3) is 0.235. The second kappa shape index (κ2) is 5.78. The summed E-state index contributed by atoms with van der Waals surface area (Å²) in [4.78, 5) is 12.1. The molecule has 1 amide bonds. The molecule has 0 saturated heterocycles. The van der Waals surface area contributed by atoms with Crippen molar-refractivity contribution in [3.05, 3.63) is 58.6 Å². The molecule has 3 rings (SSSR count). The number of ether oxygens (including phenoxy) is 1. The number of anilines is 1. The first-order valence-electron chi connectivity index (χ1n) is 6.99. The number of benzene rings is 2. The van der Waals surface area contributed by atoms with Gasteiger partial charge in [-0.05, 0) is 54.8 Å². The summed E-state index contributed by atoms with van der Waals surface area (Å²) < 4.78 is 5.43. The predicted molar refractivity (Wildman–Crippen MR) is 84.1 cm³/mol. The standard InChI is InChI=1S/C17H16ClNO2/c1-2-21-13-6-3-11(4-7-13)9-15-14-10-12(18)5-8-16(14)19-17(15)20/h3-8,10,15H,2,9H2,1H3,(H,19,20)/t15-/m1/s1. The van der Waals surface area contributed by atoms with Crippen LogP contribution >= 0.6 is 11.6 Å². The lowest BCUT2D eigenvalue weighted by Gasteiger charge is -2.10. The molecular weight excluding hydrogens is 286 g/mol. The predicted octanol–water partition coefficient (Wildman–Crippen LogP) is 4.02. The highest BCUT2D eigenvalue weighted by Gasteiger charge is 2.30. The Morgan fingerprint density at radius 2 is 1.95 bits per heavy atom. The number of hydrogen-bond donors (Lipinski definition) is 1. The molecule has 2 aromatic rings. The van der Waals surface area contributed by atoms with E-state index in [0.29, 0.717) is 18.1 Å². The number of rotatable bonds is 4. The van der Waals surface area contributed by atoms with Gasteiger partial charge in [-0.25, -0.2) is 0 Å². The van der Waals surface area contributed by atoms with E-state index in [-0.39, 0.29) is 11.8 Å². The zero-order valence-corrected chi connectivity index (χ0v) is 12.5. The lowest BCUT2D eigenvalue weighted by Crippen LogP contribution is -2.14. The highest BCUT2D eigenvalue weighted by Crippen LogP contribution is 2.36. The van der Waals surface area contributed by atoms with Crippen LogP contribution in [-0.2, 0) is 11.2 Å². The van der Waals surface area contributed by atoms with Crippen molar-refractivity contribution in [1.82, 2.24) is 0 Å². The largest absolute Gasteiger partial charge is 0.494 e. The Balaban J connectivity index is 1.82. The van der Waals surface area contributed by atoms with Crippen LogP contribution in [0.4, 0.5) is 5.69 Å². The molecule has 0 radical (unpaired) electrons. The minimum Gasteiger partial charge on any atom is -0.494 e. The maximum absolute atomic E-state index is 12.1. The van der Waals surface area contributed by atoms with Crippen LogP contribution < -0.4 is 10.1 Å². The van der Waals surface area contributed by atoms with Crippen molar-refractivity contribution < 1.29 is 9.53 Å². The summed E-state index contributed by atoms with van der Waals surface area (Å²) in [6, 6.07) is 13.4. The quantitative estimate of drug-likeness (QED) is 0.926.